The van der Waals surface area contributed by atoms with Gasteiger partial charge in [0.25, 0.3) is 0 Å². The molecule has 0 saturated carbocycles. The fourth-order valence-electron chi connectivity index (χ4n) is 3.94. The van der Waals surface area contributed by atoms with Crippen LogP contribution in [0.3, 0.4) is 0 Å². The van der Waals surface area contributed by atoms with E-state index in [4.69, 9.17) is 4.74 Å². The summed E-state index contributed by atoms with van der Waals surface area (Å²) >= 11 is 0. The number of hydrogen-bond donors (Lipinski definition) is 2. The summed E-state index contributed by atoms with van der Waals surface area (Å²) in [6, 6.07) is 13.1. The first-order valence-electron chi connectivity index (χ1n) is 10.4. The summed E-state index contributed by atoms with van der Waals surface area (Å²) < 4.78 is 5.61. The molecule has 0 aliphatic heterocycles. The maximum Gasteiger partial charge on any atom is 0.323 e. The van der Waals surface area contributed by atoms with Gasteiger partial charge in [-0.3, -0.25) is 4.98 Å². The van der Waals surface area contributed by atoms with Crippen LogP contribution < -0.4 is 15.4 Å². The van der Waals surface area contributed by atoms with Crippen LogP contribution in [0, 0.1) is 5.92 Å². The lowest BCUT2D eigenvalue weighted by molar-refractivity contribution is 0.262. The maximum absolute atomic E-state index is 12.4. The fourth-order valence-corrected chi connectivity index (χ4v) is 3.94. The predicted octanol–water partition coefficient (Wildman–Crippen LogP) is 4.58. The molecule has 7 nitrogen and oxygen atoms in total. The number of anilines is 2. The van der Waals surface area contributed by atoms with Crippen LogP contribution in [0.1, 0.15) is 17.5 Å². The molecule has 1 unspecified atom stereocenters. The average molecular weight is 418 g/mol. The number of rotatable bonds is 6. The highest BCUT2D eigenvalue weighted by Gasteiger charge is 2.19. The number of carbonyl (C=O) groups excluding carboxylic acids is 1. The molecule has 2 aromatic carbocycles. The SMILES string of the molecule is CN(C)CC1CCc2cc(NC(=O)Nc3ccc(Oc4cnccn4)cc3)ccc2C1. The maximum atomic E-state index is 12.4. The molecule has 2 N–H and O–H groups in total. The number of carbonyl (C=O) groups is 1. The van der Waals surface area contributed by atoms with Gasteiger partial charge < -0.3 is 20.3 Å². The Hall–Kier alpha value is -3.45. The highest BCUT2D eigenvalue weighted by atomic mass is 16.5. The molecule has 7 heteroatoms. The Labute approximate surface area is 182 Å². The Morgan fingerprint density at radius 2 is 1.84 bits per heavy atom. The molecule has 0 saturated heterocycles. The quantitative estimate of drug-likeness (QED) is 0.614. The van der Waals surface area contributed by atoms with Crippen LogP contribution in [0.4, 0.5) is 16.2 Å². The molecule has 31 heavy (non-hydrogen) atoms. The lowest BCUT2D eigenvalue weighted by atomic mass is 9.83. The first-order chi connectivity index (χ1) is 15.0. The van der Waals surface area contributed by atoms with Crippen LogP contribution in [0.5, 0.6) is 11.6 Å². The number of ether oxygens (including phenoxy) is 1. The molecular weight excluding hydrogens is 390 g/mol. The van der Waals surface area contributed by atoms with Gasteiger partial charge in [-0.1, -0.05) is 6.07 Å². The minimum Gasteiger partial charge on any atom is -0.438 e. The van der Waals surface area contributed by atoms with Crippen molar-refractivity contribution in [3.63, 3.8) is 0 Å². The second kappa shape index (κ2) is 9.57. The fraction of sp³-hybridized carbons (Fsp3) is 0.292. The van der Waals surface area contributed by atoms with Crippen molar-refractivity contribution in [3.8, 4) is 11.6 Å². The highest BCUT2D eigenvalue weighted by molar-refractivity contribution is 5.99. The molecule has 4 rings (SSSR count). The molecule has 0 fully saturated rings. The number of benzene rings is 2. The first-order valence-corrected chi connectivity index (χ1v) is 10.4. The zero-order valence-corrected chi connectivity index (χ0v) is 17.8. The van der Waals surface area contributed by atoms with Gasteiger partial charge in [-0.25, -0.2) is 9.78 Å². The monoisotopic (exact) mass is 417 g/mol. The smallest absolute Gasteiger partial charge is 0.323 e. The Kier molecular flexibility index (Phi) is 6.43. The second-order valence-corrected chi connectivity index (χ2v) is 8.10. The second-order valence-electron chi connectivity index (χ2n) is 8.10. The van der Waals surface area contributed by atoms with Gasteiger partial charge in [-0.05, 0) is 86.8 Å². The van der Waals surface area contributed by atoms with Gasteiger partial charge in [-0.15, -0.1) is 0 Å². The van der Waals surface area contributed by atoms with E-state index in [1.165, 1.54) is 17.5 Å². The summed E-state index contributed by atoms with van der Waals surface area (Å²) in [4.78, 5) is 22.7. The van der Waals surface area contributed by atoms with Gasteiger partial charge in [0.15, 0.2) is 0 Å². The summed E-state index contributed by atoms with van der Waals surface area (Å²) in [6.07, 6.45) is 8.03. The minimum absolute atomic E-state index is 0.274. The van der Waals surface area contributed by atoms with Crippen molar-refractivity contribution in [3.05, 3.63) is 72.2 Å². The molecular formula is C24H27N5O2. The standard InChI is InChI=1S/C24H27N5O2/c1-29(2)16-17-3-4-19-14-21(6-5-18(19)13-17)28-24(30)27-20-7-9-22(10-8-20)31-23-15-25-11-12-26-23/h5-12,14-15,17H,3-4,13,16H2,1-2H3,(H2,27,28,30). The van der Waals surface area contributed by atoms with Crippen LogP contribution in [0.15, 0.2) is 61.1 Å². The summed E-state index contributed by atoms with van der Waals surface area (Å²) in [5, 5.41) is 5.78. The normalized spacial score (nSPS) is 15.3. The van der Waals surface area contributed by atoms with E-state index in [1.807, 2.05) is 6.07 Å². The van der Waals surface area contributed by atoms with E-state index in [9.17, 15) is 4.79 Å². The number of nitrogens with zero attached hydrogens (tertiary/aromatic N) is 3. The zero-order chi connectivity index (χ0) is 21.6. The van der Waals surface area contributed by atoms with Crippen molar-refractivity contribution >= 4 is 17.4 Å². The Balaban J connectivity index is 1.32. The number of aryl methyl sites for hydroxylation is 1. The van der Waals surface area contributed by atoms with Gasteiger partial charge in [0.2, 0.25) is 5.88 Å². The van der Waals surface area contributed by atoms with Crippen LogP contribution in [-0.4, -0.2) is 41.5 Å². The number of aromatic nitrogens is 2. The van der Waals surface area contributed by atoms with Crippen molar-refractivity contribution in [2.45, 2.75) is 19.3 Å². The van der Waals surface area contributed by atoms with E-state index < -0.39 is 0 Å². The molecule has 160 valence electrons. The molecule has 1 aromatic heterocycles. The van der Waals surface area contributed by atoms with Crippen LogP contribution in [-0.2, 0) is 12.8 Å². The van der Waals surface area contributed by atoms with Crippen molar-refractivity contribution in [2.75, 3.05) is 31.3 Å². The predicted molar refractivity (Wildman–Crippen MR) is 122 cm³/mol. The van der Waals surface area contributed by atoms with Gasteiger partial charge in [0.1, 0.15) is 5.75 Å². The van der Waals surface area contributed by atoms with E-state index in [2.05, 4.69) is 51.7 Å². The molecule has 0 bridgehead atoms. The zero-order valence-electron chi connectivity index (χ0n) is 17.8. The molecule has 0 spiro atoms. The molecule has 1 heterocycles. The van der Waals surface area contributed by atoms with Crippen molar-refractivity contribution in [2.24, 2.45) is 5.92 Å². The number of amides is 2. The van der Waals surface area contributed by atoms with Gasteiger partial charge in [0, 0.05) is 30.3 Å². The third-order valence-corrected chi connectivity index (χ3v) is 5.29. The Morgan fingerprint density at radius 3 is 2.58 bits per heavy atom. The first kappa shape index (κ1) is 20.8. The molecule has 0 radical (unpaired) electrons. The van der Waals surface area contributed by atoms with Crippen molar-refractivity contribution < 1.29 is 9.53 Å². The summed E-state index contributed by atoms with van der Waals surface area (Å²) in [6.45, 7) is 1.12. The lowest BCUT2D eigenvalue weighted by Crippen LogP contribution is -2.26. The average Bonchev–Trinajstić information content (AvgIpc) is 2.75. The lowest BCUT2D eigenvalue weighted by Gasteiger charge is -2.27. The van der Waals surface area contributed by atoms with Gasteiger partial charge in [0.05, 0.1) is 6.20 Å². The molecule has 2 amide bonds. The summed E-state index contributed by atoms with van der Waals surface area (Å²) in [5.41, 5.74) is 4.21. The van der Waals surface area contributed by atoms with Crippen LogP contribution in [0.2, 0.25) is 0 Å². The Bertz CT molecular complexity index is 1020. The van der Waals surface area contributed by atoms with E-state index in [0.717, 1.165) is 25.1 Å². The highest BCUT2D eigenvalue weighted by Crippen LogP contribution is 2.28. The van der Waals surface area contributed by atoms with Crippen LogP contribution >= 0.6 is 0 Å². The molecule has 1 atom stereocenters. The largest absolute Gasteiger partial charge is 0.438 e. The van der Waals surface area contributed by atoms with E-state index in [1.54, 1.807) is 42.9 Å². The number of fused-ring (bicyclic) bond motifs is 1. The van der Waals surface area contributed by atoms with E-state index in [-0.39, 0.29) is 6.03 Å². The van der Waals surface area contributed by atoms with Crippen LogP contribution in [0.25, 0.3) is 0 Å². The summed E-state index contributed by atoms with van der Waals surface area (Å²) in [7, 11) is 4.25. The van der Waals surface area contributed by atoms with Crippen molar-refractivity contribution in [1.29, 1.82) is 0 Å². The third kappa shape index (κ3) is 5.79. The molecule has 3 aromatic rings. The Morgan fingerprint density at radius 1 is 1.06 bits per heavy atom. The van der Waals surface area contributed by atoms with E-state index >= 15 is 0 Å². The van der Waals surface area contributed by atoms with Crippen molar-refractivity contribution in [1.82, 2.24) is 14.9 Å². The minimum atomic E-state index is -0.274. The molecule has 1 aliphatic rings. The molecule has 1 aliphatic carbocycles. The topological polar surface area (TPSA) is 79.4 Å². The van der Waals surface area contributed by atoms with Gasteiger partial charge >= 0.3 is 6.03 Å². The number of urea groups is 1. The van der Waals surface area contributed by atoms with Gasteiger partial charge in [-0.2, -0.15) is 0 Å². The van der Waals surface area contributed by atoms with E-state index in [0.29, 0.717) is 23.2 Å². The summed E-state index contributed by atoms with van der Waals surface area (Å²) in [5.74, 6) is 1.74. The number of nitrogens with one attached hydrogen (secondary N) is 2. The third-order valence-electron chi connectivity index (χ3n) is 5.29. The number of hydrogen-bond acceptors (Lipinski definition) is 5.